The lowest BCUT2D eigenvalue weighted by molar-refractivity contribution is -0.0387. The van der Waals surface area contributed by atoms with Gasteiger partial charge in [-0.05, 0) is 73.1 Å². The van der Waals surface area contributed by atoms with Gasteiger partial charge < -0.3 is 14.0 Å². The van der Waals surface area contributed by atoms with E-state index in [1.165, 1.54) is 17.4 Å². The van der Waals surface area contributed by atoms with Crippen molar-refractivity contribution in [3.63, 3.8) is 0 Å². The number of benzene rings is 1. The van der Waals surface area contributed by atoms with Gasteiger partial charge in [0, 0.05) is 30.2 Å². The van der Waals surface area contributed by atoms with E-state index in [-0.39, 0.29) is 23.3 Å². The van der Waals surface area contributed by atoms with E-state index in [2.05, 4.69) is 99.5 Å². The summed E-state index contributed by atoms with van der Waals surface area (Å²) in [6.45, 7) is 15.1. The molecule has 0 bridgehead atoms. The molecule has 40 heavy (non-hydrogen) atoms. The predicted molar refractivity (Wildman–Crippen MR) is 161 cm³/mol. The smallest absolute Gasteiger partial charge is 0.150 e. The average Bonchev–Trinajstić information content (AvgIpc) is 3.59. The lowest BCUT2D eigenvalue weighted by atomic mass is 9.89. The number of rotatable bonds is 4. The van der Waals surface area contributed by atoms with Crippen LogP contribution in [0.2, 0.25) is 0 Å². The van der Waals surface area contributed by atoms with Gasteiger partial charge in [-0.2, -0.15) is 5.10 Å². The molecule has 3 aromatic heterocycles. The lowest BCUT2D eigenvalue weighted by Crippen LogP contribution is -2.21. The number of nitrogens with zero attached hydrogens (tertiary/aromatic N) is 4. The molecule has 2 aliphatic rings. The lowest BCUT2D eigenvalue weighted by Gasteiger charge is -2.26. The number of ether oxygens (including phenoxy) is 2. The second kappa shape index (κ2) is 10.5. The molecule has 0 radical (unpaired) electrons. The zero-order chi connectivity index (χ0) is 28.1. The van der Waals surface area contributed by atoms with Crippen molar-refractivity contribution in [2.45, 2.75) is 103 Å². The van der Waals surface area contributed by atoms with Gasteiger partial charge in [0.15, 0.2) is 6.23 Å². The molecule has 0 aliphatic carbocycles. The van der Waals surface area contributed by atoms with Gasteiger partial charge in [0.05, 0.1) is 28.5 Å². The third kappa shape index (κ3) is 5.24. The number of aromatic nitrogens is 4. The quantitative estimate of drug-likeness (QED) is 0.260. The van der Waals surface area contributed by atoms with Crippen LogP contribution in [0.1, 0.15) is 104 Å². The Balaban J connectivity index is 1.57. The summed E-state index contributed by atoms with van der Waals surface area (Å²) < 4.78 is 17.0. The first-order valence-corrected chi connectivity index (χ1v) is 15.1. The molecule has 6 rings (SSSR count). The monoisotopic (exact) mass is 540 g/mol. The Morgan fingerprint density at radius 2 is 1.48 bits per heavy atom. The van der Waals surface area contributed by atoms with E-state index in [4.69, 9.17) is 19.6 Å². The fourth-order valence-electron chi connectivity index (χ4n) is 5.87. The predicted octanol–water partition coefficient (Wildman–Crippen LogP) is 8.56. The zero-order valence-corrected chi connectivity index (χ0v) is 25.0. The first-order chi connectivity index (χ1) is 19.1. The Kier molecular flexibility index (Phi) is 7.12. The highest BCUT2D eigenvalue weighted by atomic mass is 16.5. The van der Waals surface area contributed by atoms with Crippen molar-refractivity contribution in [3.05, 3.63) is 59.9 Å². The van der Waals surface area contributed by atoms with Crippen LogP contribution in [0.3, 0.4) is 0 Å². The third-order valence-corrected chi connectivity index (χ3v) is 8.36. The van der Waals surface area contributed by atoms with Crippen LogP contribution in [-0.2, 0) is 20.3 Å². The molecular weight excluding hydrogens is 496 g/mol. The molecule has 2 saturated heterocycles. The molecule has 212 valence electrons. The molecule has 6 heteroatoms. The van der Waals surface area contributed by atoms with Gasteiger partial charge >= 0.3 is 0 Å². The van der Waals surface area contributed by atoms with E-state index in [9.17, 15) is 0 Å². The van der Waals surface area contributed by atoms with Crippen molar-refractivity contribution in [2.75, 3.05) is 13.2 Å². The van der Waals surface area contributed by atoms with Gasteiger partial charge in [0.1, 0.15) is 6.23 Å². The molecule has 4 aromatic rings. The highest BCUT2D eigenvalue weighted by Gasteiger charge is 2.29. The molecular formula is C34H44N4O2. The molecule has 0 N–H and O–H groups in total. The number of fused-ring (bicyclic) bond motifs is 1. The Morgan fingerprint density at radius 3 is 2.12 bits per heavy atom. The van der Waals surface area contributed by atoms with Gasteiger partial charge in [-0.3, -0.25) is 0 Å². The standard InChI is InChI=1S/C34H44N4O2/c1-33(2,3)24-20-28(37(22-24)30-15-9-11-17-39-30)32-25-14-8-7-13-23(25)19-26(35-32)27-21-29(34(4,5)6)36-38(27)31-16-10-12-18-40-31/h7-8,13-14,19-22,30-31H,9-12,15-18H2,1-6H3. The summed E-state index contributed by atoms with van der Waals surface area (Å²) in [7, 11) is 0. The summed E-state index contributed by atoms with van der Waals surface area (Å²) in [5.74, 6) is 0. The van der Waals surface area contributed by atoms with Crippen molar-refractivity contribution in [2.24, 2.45) is 0 Å². The average molecular weight is 541 g/mol. The first kappa shape index (κ1) is 27.2. The van der Waals surface area contributed by atoms with Crippen molar-refractivity contribution >= 4 is 10.8 Å². The first-order valence-electron chi connectivity index (χ1n) is 15.1. The molecule has 2 aliphatic heterocycles. The molecule has 1 aromatic carbocycles. The van der Waals surface area contributed by atoms with Crippen LogP contribution < -0.4 is 0 Å². The van der Waals surface area contributed by atoms with E-state index in [1.54, 1.807) is 0 Å². The molecule has 0 saturated carbocycles. The summed E-state index contributed by atoms with van der Waals surface area (Å²) >= 11 is 0. The summed E-state index contributed by atoms with van der Waals surface area (Å²) in [5.41, 5.74) is 6.35. The number of hydrogen-bond acceptors (Lipinski definition) is 4. The van der Waals surface area contributed by atoms with Gasteiger partial charge in [0.2, 0.25) is 0 Å². The fourth-order valence-corrected chi connectivity index (χ4v) is 5.87. The molecule has 5 heterocycles. The summed E-state index contributed by atoms with van der Waals surface area (Å²) in [5, 5.41) is 7.44. The third-order valence-electron chi connectivity index (χ3n) is 8.36. The van der Waals surface area contributed by atoms with Crippen molar-refractivity contribution < 1.29 is 9.47 Å². The molecule has 6 nitrogen and oxygen atoms in total. The minimum Gasteiger partial charge on any atom is -0.358 e. The van der Waals surface area contributed by atoms with Gasteiger partial charge in [-0.25, -0.2) is 9.67 Å². The van der Waals surface area contributed by atoms with E-state index in [1.807, 2.05) is 0 Å². The van der Waals surface area contributed by atoms with Crippen molar-refractivity contribution in [1.82, 2.24) is 19.3 Å². The Labute approximate surface area is 238 Å². The van der Waals surface area contributed by atoms with Gasteiger partial charge in [0.25, 0.3) is 0 Å². The highest BCUT2D eigenvalue weighted by molar-refractivity contribution is 5.96. The highest BCUT2D eigenvalue weighted by Crippen LogP contribution is 2.39. The van der Waals surface area contributed by atoms with Gasteiger partial charge in [-0.1, -0.05) is 65.8 Å². The SMILES string of the molecule is CC(C)(C)c1cc(-c2nc(-c3cc(C(C)(C)C)nn3C3CCCCO3)cc3ccccc23)n(C2CCCCO2)c1. The topological polar surface area (TPSA) is 54.1 Å². The largest absolute Gasteiger partial charge is 0.358 e. The maximum absolute atomic E-state index is 6.32. The van der Waals surface area contributed by atoms with Gasteiger partial charge in [-0.15, -0.1) is 0 Å². The summed E-state index contributed by atoms with van der Waals surface area (Å²) in [6, 6.07) is 15.4. The van der Waals surface area contributed by atoms with Crippen LogP contribution in [0, 0.1) is 0 Å². The van der Waals surface area contributed by atoms with Crippen LogP contribution >= 0.6 is 0 Å². The van der Waals surface area contributed by atoms with Crippen LogP contribution in [0.15, 0.2) is 48.7 Å². The Bertz CT molecular complexity index is 1490. The maximum atomic E-state index is 6.32. The molecule has 2 unspecified atom stereocenters. The molecule has 2 atom stereocenters. The Hall–Kier alpha value is -2.96. The number of hydrogen-bond donors (Lipinski definition) is 0. The molecule has 0 spiro atoms. The second-order valence-corrected chi connectivity index (χ2v) is 13.6. The van der Waals surface area contributed by atoms with Crippen LogP contribution in [0.4, 0.5) is 0 Å². The summed E-state index contributed by atoms with van der Waals surface area (Å²) in [4.78, 5) is 5.45. The summed E-state index contributed by atoms with van der Waals surface area (Å²) in [6.07, 6.45) is 8.80. The fraction of sp³-hybridized carbons (Fsp3) is 0.529. The molecule has 0 amide bonds. The van der Waals surface area contributed by atoms with E-state index in [0.29, 0.717) is 0 Å². The van der Waals surface area contributed by atoms with Crippen LogP contribution in [0.25, 0.3) is 33.5 Å². The van der Waals surface area contributed by atoms with Crippen LogP contribution in [-0.4, -0.2) is 32.5 Å². The minimum atomic E-state index is -0.0804. The number of pyridine rings is 1. The Morgan fingerprint density at radius 1 is 0.775 bits per heavy atom. The zero-order valence-electron chi connectivity index (χ0n) is 25.0. The van der Waals surface area contributed by atoms with E-state index < -0.39 is 0 Å². The van der Waals surface area contributed by atoms with Crippen molar-refractivity contribution in [1.29, 1.82) is 0 Å². The van der Waals surface area contributed by atoms with Crippen LogP contribution in [0.5, 0.6) is 0 Å². The molecule has 2 fully saturated rings. The van der Waals surface area contributed by atoms with E-state index in [0.717, 1.165) is 79.2 Å². The van der Waals surface area contributed by atoms with E-state index >= 15 is 0 Å². The maximum Gasteiger partial charge on any atom is 0.150 e. The van der Waals surface area contributed by atoms with Crippen molar-refractivity contribution in [3.8, 4) is 22.8 Å². The minimum absolute atomic E-state index is 0.0145. The second-order valence-electron chi connectivity index (χ2n) is 13.6. The normalized spacial score (nSPS) is 20.8.